The van der Waals surface area contributed by atoms with Gasteiger partial charge in [-0.25, -0.2) is 4.39 Å². The molecule has 0 aliphatic carbocycles. The monoisotopic (exact) mass is 201 g/mol. The second kappa shape index (κ2) is 4.13. The zero-order valence-corrected chi connectivity index (χ0v) is 8.33. The normalized spacial score (nSPS) is 10.0. The number of methoxy groups -OCH3 is 1. The van der Waals surface area contributed by atoms with Crippen LogP contribution in [-0.4, -0.2) is 7.11 Å². The first-order chi connectivity index (χ1) is 7.29. The lowest BCUT2D eigenvalue weighted by Crippen LogP contribution is -1.83. The molecule has 0 unspecified atom stereocenters. The molecule has 2 heteroatoms. The predicted molar refractivity (Wildman–Crippen MR) is 57.2 cm³/mol. The van der Waals surface area contributed by atoms with Crippen LogP contribution in [0.3, 0.4) is 0 Å². The molecule has 0 fully saturated rings. The van der Waals surface area contributed by atoms with Crippen molar-refractivity contribution in [1.29, 1.82) is 0 Å². The van der Waals surface area contributed by atoms with E-state index in [0.717, 1.165) is 16.9 Å². The molecule has 2 aromatic carbocycles. The van der Waals surface area contributed by atoms with Gasteiger partial charge in [0.25, 0.3) is 0 Å². The molecular formula is C13H10FO. The van der Waals surface area contributed by atoms with E-state index < -0.39 is 0 Å². The van der Waals surface area contributed by atoms with Crippen LogP contribution < -0.4 is 4.74 Å². The van der Waals surface area contributed by atoms with Crippen molar-refractivity contribution in [2.24, 2.45) is 0 Å². The summed E-state index contributed by atoms with van der Waals surface area (Å²) in [5.41, 5.74) is 1.67. The lowest BCUT2D eigenvalue weighted by Gasteiger charge is -2.03. The molecule has 0 saturated heterocycles. The minimum Gasteiger partial charge on any atom is -0.497 e. The van der Waals surface area contributed by atoms with Gasteiger partial charge >= 0.3 is 0 Å². The van der Waals surface area contributed by atoms with Crippen molar-refractivity contribution in [1.82, 2.24) is 0 Å². The van der Waals surface area contributed by atoms with E-state index in [9.17, 15) is 4.39 Å². The van der Waals surface area contributed by atoms with E-state index in [4.69, 9.17) is 4.74 Å². The maximum absolute atomic E-state index is 13.0. The molecule has 0 amide bonds. The van der Waals surface area contributed by atoms with Gasteiger partial charge in [-0.1, -0.05) is 18.2 Å². The average molecular weight is 201 g/mol. The molecule has 2 aromatic rings. The minimum atomic E-state index is -0.250. The van der Waals surface area contributed by atoms with Gasteiger partial charge in [0.15, 0.2) is 0 Å². The van der Waals surface area contributed by atoms with Crippen LogP contribution in [0.25, 0.3) is 11.1 Å². The number of hydrogen-bond acceptors (Lipinski definition) is 1. The summed E-state index contributed by atoms with van der Waals surface area (Å²) in [4.78, 5) is 0. The Balaban J connectivity index is 2.37. The van der Waals surface area contributed by atoms with Crippen LogP contribution in [0.15, 0.2) is 42.5 Å². The van der Waals surface area contributed by atoms with Crippen LogP contribution in [0.1, 0.15) is 0 Å². The van der Waals surface area contributed by atoms with Crippen LogP contribution >= 0.6 is 0 Å². The summed E-state index contributed by atoms with van der Waals surface area (Å²) in [7, 11) is 1.61. The summed E-state index contributed by atoms with van der Waals surface area (Å²) in [6.45, 7) is 0. The first-order valence-corrected chi connectivity index (χ1v) is 4.61. The second-order valence-electron chi connectivity index (χ2n) is 3.15. The summed E-state index contributed by atoms with van der Waals surface area (Å²) in [6.07, 6.45) is 0. The fourth-order valence-electron chi connectivity index (χ4n) is 1.38. The zero-order chi connectivity index (χ0) is 10.7. The summed E-state index contributed by atoms with van der Waals surface area (Å²) < 4.78 is 18.0. The van der Waals surface area contributed by atoms with Crippen molar-refractivity contribution >= 4 is 0 Å². The molecule has 0 aromatic heterocycles. The Hall–Kier alpha value is -1.83. The average Bonchev–Trinajstić information content (AvgIpc) is 2.29. The van der Waals surface area contributed by atoms with Gasteiger partial charge in [-0.15, -0.1) is 0 Å². The lowest BCUT2D eigenvalue weighted by molar-refractivity contribution is 0.415. The number of hydrogen-bond donors (Lipinski definition) is 0. The topological polar surface area (TPSA) is 9.23 Å². The highest BCUT2D eigenvalue weighted by Gasteiger charge is 1.99. The molecular weight excluding hydrogens is 191 g/mol. The summed E-state index contributed by atoms with van der Waals surface area (Å²) in [5, 5.41) is 0. The minimum absolute atomic E-state index is 0.250. The van der Waals surface area contributed by atoms with Crippen molar-refractivity contribution in [2.75, 3.05) is 7.11 Å². The Kier molecular flexibility index (Phi) is 2.68. The first-order valence-electron chi connectivity index (χ1n) is 4.61. The van der Waals surface area contributed by atoms with Crippen molar-refractivity contribution in [3.05, 3.63) is 54.3 Å². The third-order valence-electron chi connectivity index (χ3n) is 2.16. The standard InChI is InChI=1S/C13H10FO/c1-15-13-7-5-10(6-8-13)11-3-2-4-12(14)9-11/h2,4-9H,1H3. The Morgan fingerprint density at radius 2 is 1.87 bits per heavy atom. The molecule has 1 nitrogen and oxygen atoms in total. The van der Waals surface area contributed by atoms with Crippen LogP contribution in [-0.2, 0) is 0 Å². The number of halogens is 1. The van der Waals surface area contributed by atoms with E-state index in [2.05, 4.69) is 6.07 Å². The third kappa shape index (κ3) is 2.15. The van der Waals surface area contributed by atoms with Crippen LogP contribution in [0.5, 0.6) is 5.75 Å². The Bertz CT molecular complexity index is 448. The van der Waals surface area contributed by atoms with E-state index in [0.29, 0.717) is 0 Å². The number of benzene rings is 2. The van der Waals surface area contributed by atoms with Crippen molar-refractivity contribution in [2.45, 2.75) is 0 Å². The highest BCUT2D eigenvalue weighted by Crippen LogP contribution is 2.22. The van der Waals surface area contributed by atoms with E-state index in [1.165, 1.54) is 12.1 Å². The van der Waals surface area contributed by atoms with Crippen LogP contribution in [0, 0.1) is 11.9 Å². The van der Waals surface area contributed by atoms with Crippen LogP contribution in [0.2, 0.25) is 0 Å². The van der Waals surface area contributed by atoms with Gasteiger partial charge in [-0.05, 0) is 41.5 Å². The SMILES string of the molecule is COc1ccc(-c2[c]ccc(F)c2)cc1. The van der Waals surface area contributed by atoms with Gasteiger partial charge in [0, 0.05) is 0 Å². The smallest absolute Gasteiger partial charge is 0.123 e. The summed E-state index contributed by atoms with van der Waals surface area (Å²) in [5.74, 6) is 0.537. The van der Waals surface area contributed by atoms with Gasteiger partial charge in [0.2, 0.25) is 0 Å². The number of ether oxygens (including phenoxy) is 1. The van der Waals surface area contributed by atoms with Gasteiger partial charge in [0.1, 0.15) is 11.6 Å². The molecule has 0 spiro atoms. The fraction of sp³-hybridized carbons (Fsp3) is 0.0769. The molecule has 0 aliphatic heterocycles. The van der Waals surface area contributed by atoms with Crippen LogP contribution in [0.4, 0.5) is 4.39 Å². The predicted octanol–water partition coefficient (Wildman–Crippen LogP) is 3.30. The van der Waals surface area contributed by atoms with E-state index in [-0.39, 0.29) is 5.82 Å². The Morgan fingerprint density at radius 1 is 1.13 bits per heavy atom. The molecule has 75 valence electrons. The maximum atomic E-state index is 13.0. The highest BCUT2D eigenvalue weighted by molar-refractivity contribution is 5.63. The van der Waals surface area contributed by atoms with E-state index >= 15 is 0 Å². The van der Waals surface area contributed by atoms with Gasteiger partial charge in [-0.2, -0.15) is 0 Å². The summed E-state index contributed by atoms with van der Waals surface area (Å²) in [6, 6.07) is 14.8. The first kappa shape index (κ1) is 9.71. The Labute approximate surface area is 88.1 Å². The molecule has 0 bridgehead atoms. The quantitative estimate of drug-likeness (QED) is 0.724. The molecule has 0 atom stereocenters. The molecule has 2 rings (SSSR count). The zero-order valence-electron chi connectivity index (χ0n) is 8.33. The highest BCUT2D eigenvalue weighted by atomic mass is 19.1. The van der Waals surface area contributed by atoms with Crippen molar-refractivity contribution in [3.63, 3.8) is 0 Å². The molecule has 15 heavy (non-hydrogen) atoms. The number of rotatable bonds is 2. The fourth-order valence-corrected chi connectivity index (χ4v) is 1.38. The van der Waals surface area contributed by atoms with E-state index in [1.807, 2.05) is 24.3 Å². The van der Waals surface area contributed by atoms with Crippen molar-refractivity contribution < 1.29 is 9.13 Å². The molecule has 0 heterocycles. The molecule has 0 saturated carbocycles. The van der Waals surface area contributed by atoms with Gasteiger partial charge < -0.3 is 4.74 Å². The molecule has 0 aliphatic rings. The molecule has 0 N–H and O–H groups in total. The van der Waals surface area contributed by atoms with Gasteiger partial charge in [0.05, 0.1) is 7.11 Å². The largest absolute Gasteiger partial charge is 0.497 e. The maximum Gasteiger partial charge on any atom is 0.123 e. The Morgan fingerprint density at radius 3 is 2.47 bits per heavy atom. The summed E-state index contributed by atoms with van der Waals surface area (Å²) >= 11 is 0. The third-order valence-corrected chi connectivity index (χ3v) is 2.16. The molecule has 1 radical (unpaired) electrons. The lowest BCUT2D eigenvalue weighted by atomic mass is 10.1. The van der Waals surface area contributed by atoms with Gasteiger partial charge in [-0.3, -0.25) is 0 Å². The second-order valence-corrected chi connectivity index (χ2v) is 3.15. The van der Waals surface area contributed by atoms with Crippen molar-refractivity contribution in [3.8, 4) is 16.9 Å². The van der Waals surface area contributed by atoms with E-state index in [1.54, 1.807) is 13.2 Å².